The van der Waals surface area contributed by atoms with E-state index in [9.17, 15) is 4.79 Å². The Kier molecular flexibility index (Phi) is 5.12. The van der Waals surface area contributed by atoms with Gasteiger partial charge < -0.3 is 19.9 Å². The Morgan fingerprint density at radius 1 is 1.18 bits per heavy atom. The van der Waals surface area contributed by atoms with Crippen molar-refractivity contribution in [3.05, 3.63) is 58.5 Å². The van der Waals surface area contributed by atoms with E-state index in [2.05, 4.69) is 26.7 Å². The zero-order valence-corrected chi connectivity index (χ0v) is 16.6. The lowest BCUT2D eigenvalue weighted by Crippen LogP contribution is -2.35. The molecule has 0 unspecified atom stereocenters. The number of thiophene rings is 1. The molecule has 0 aliphatic carbocycles. The lowest BCUT2D eigenvalue weighted by Gasteiger charge is -2.21. The van der Waals surface area contributed by atoms with Gasteiger partial charge in [0.2, 0.25) is 5.91 Å². The van der Waals surface area contributed by atoms with Gasteiger partial charge in [0.05, 0.1) is 32.3 Å². The molecule has 1 N–H and O–H groups in total. The monoisotopic (exact) mass is 395 g/mol. The summed E-state index contributed by atoms with van der Waals surface area (Å²) in [5, 5.41) is 5.45. The summed E-state index contributed by atoms with van der Waals surface area (Å²) in [5.74, 6) is 2.28. The molecule has 0 radical (unpaired) electrons. The number of fused-ring (bicyclic) bond motifs is 1. The molecule has 1 amide bonds. The Morgan fingerprint density at radius 2 is 2.00 bits per heavy atom. The number of likely N-dealkylation sites (N-methyl/N-ethyl adjacent to an activating group) is 1. The van der Waals surface area contributed by atoms with Gasteiger partial charge in [0.1, 0.15) is 23.7 Å². The quantitative estimate of drug-likeness (QED) is 0.716. The second kappa shape index (κ2) is 7.85. The zero-order valence-electron chi connectivity index (χ0n) is 15.8. The smallest absolute Gasteiger partial charge is 0.246 e. The van der Waals surface area contributed by atoms with Crippen LogP contribution in [-0.2, 0) is 17.9 Å². The molecule has 0 fully saturated rings. The third-order valence-electron chi connectivity index (χ3n) is 4.67. The molecule has 1 aliphatic rings. The van der Waals surface area contributed by atoms with Crippen molar-refractivity contribution in [1.82, 2.24) is 9.97 Å². The fourth-order valence-corrected chi connectivity index (χ4v) is 3.87. The molecule has 7 nitrogen and oxygen atoms in total. The Bertz CT molecular complexity index is 959. The Hall–Kier alpha value is -3.13. The third kappa shape index (κ3) is 3.63. The van der Waals surface area contributed by atoms with E-state index in [0.717, 1.165) is 28.6 Å². The first-order valence-electron chi connectivity index (χ1n) is 8.91. The fraction of sp³-hybridized carbons (Fsp3) is 0.250. The second-order valence-corrected chi connectivity index (χ2v) is 7.52. The number of methoxy groups -OCH3 is 1. The summed E-state index contributed by atoms with van der Waals surface area (Å²) < 4.78 is 5.23. The highest BCUT2D eigenvalue weighted by atomic mass is 32.1. The molecular formula is C20H21N5O2S. The maximum atomic E-state index is 12.9. The van der Waals surface area contributed by atoms with Gasteiger partial charge in [-0.1, -0.05) is 6.07 Å². The lowest BCUT2D eigenvalue weighted by molar-refractivity contribution is -0.117. The Balaban J connectivity index is 1.66. The number of benzene rings is 1. The van der Waals surface area contributed by atoms with Gasteiger partial charge in [-0.15, -0.1) is 11.3 Å². The van der Waals surface area contributed by atoms with Crippen molar-refractivity contribution in [2.75, 3.05) is 35.8 Å². The first-order valence-corrected chi connectivity index (χ1v) is 9.79. The van der Waals surface area contributed by atoms with Crippen molar-refractivity contribution < 1.29 is 9.53 Å². The highest BCUT2D eigenvalue weighted by Gasteiger charge is 2.28. The molecule has 0 bridgehead atoms. The van der Waals surface area contributed by atoms with Gasteiger partial charge in [0.25, 0.3) is 0 Å². The molecule has 1 aliphatic heterocycles. The van der Waals surface area contributed by atoms with Gasteiger partial charge in [0, 0.05) is 17.6 Å². The van der Waals surface area contributed by atoms with Gasteiger partial charge >= 0.3 is 0 Å². The van der Waals surface area contributed by atoms with Gasteiger partial charge in [-0.05, 0) is 35.7 Å². The molecule has 8 heteroatoms. The minimum atomic E-state index is 0.00914. The maximum absolute atomic E-state index is 12.9. The number of rotatable bonds is 5. The highest BCUT2D eigenvalue weighted by Crippen LogP contribution is 2.31. The van der Waals surface area contributed by atoms with Crippen LogP contribution in [0.25, 0.3) is 0 Å². The molecule has 3 aromatic rings. The number of amides is 1. The normalized spacial score (nSPS) is 13.9. The van der Waals surface area contributed by atoms with E-state index < -0.39 is 0 Å². The highest BCUT2D eigenvalue weighted by molar-refractivity contribution is 7.09. The SMILES string of the molecule is COc1ccc(N2Cc3c(NCc4cccs4)ncnc3N(C)CC2=O)cc1. The predicted molar refractivity (Wildman–Crippen MR) is 111 cm³/mol. The van der Waals surface area contributed by atoms with E-state index in [4.69, 9.17) is 4.74 Å². The van der Waals surface area contributed by atoms with Gasteiger partial charge in [-0.25, -0.2) is 9.97 Å². The number of ether oxygens (including phenoxy) is 1. The van der Waals surface area contributed by atoms with E-state index in [1.165, 1.54) is 4.88 Å². The number of anilines is 3. The van der Waals surface area contributed by atoms with Crippen molar-refractivity contribution in [1.29, 1.82) is 0 Å². The lowest BCUT2D eigenvalue weighted by atomic mass is 10.2. The number of carbonyl (C=O) groups is 1. The summed E-state index contributed by atoms with van der Waals surface area (Å²) in [6.45, 7) is 1.33. The van der Waals surface area contributed by atoms with Crippen LogP contribution in [0, 0.1) is 0 Å². The Labute approximate surface area is 167 Å². The molecule has 0 saturated heterocycles. The van der Waals surface area contributed by atoms with E-state index in [0.29, 0.717) is 13.1 Å². The van der Waals surface area contributed by atoms with Crippen LogP contribution in [0.4, 0.5) is 17.3 Å². The van der Waals surface area contributed by atoms with Gasteiger partial charge in [0.15, 0.2) is 0 Å². The van der Waals surface area contributed by atoms with Crippen molar-refractivity contribution in [3.63, 3.8) is 0 Å². The third-order valence-corrected chi connectivity index (χ3v) is 5.54. The molecule has 0 saturated carbocycles. The predicted octanol–water partition coefficient (Wildman–Crippen LogP) is 3.14. The van der Waals surface area contributed by atoms with Crippen LogP contribution in [0.15, 0.2) is 48.1 Å². The van der Waals surface area contributed by atoms with Crippen molar-refractivity contribution in [3.8, 4) is 5.75 Å². The standard InChI is InChI=1S/C20H21N5O2S/c1-24-12-18(26)25(14-5-7-15(27-2)8-6-14)11-17-19(22-13-23-20(17)24)21-10-16-4-3-9-28-16/h3-9,13H,10-12H2,1-2H3,(H,21,22,23). The first kappa shape index (κ1) is 18.2. The van der Waals surface area contributed by atoms with Gasteiger partial charge in [-0.2, -0.15) is 0 Å². The zero-order chi connectivity index (χ0) is 19.5. The number of aromatic nitrogens is 2. The van der Waals surface area contributed by atoms with E-state index >= 15 is 0 Å². The van der Waals surface area contributed by atoms with Crippen molar-refractivity contribution in [2.45, 2.75) is 13.1 Å². The average Bonchev–Trinajstić information content (AvgIpc) is 3.20. The van der Waals surface area contributed by atoms with Crippen molar-refractivity contribution in [2.24, 2.45) is 0 Å². The molecule has 0 atom stereocenters. The number of hydrogen-bond acceptors (Lipinski definition) is 7. The number of nitrogens with one attached hydrogen (secondary N) is 1. The summed E-state index contributed by atoms with van der Waals surface area (Å²) in [7, 11) is 3.50. The van der Waals surface area contributed by atoms with Crippen molar-refractivity contribution >= 4 is 34.6 Å². The van der Waals surface area contributed by atoms with Crippen LogP contribution in [0.1, 0.15) is 10.4 Å². The van der Waals surface area contributed by atoms with Crippen LogP contribution >= 0.6 is 11.3 Å². The average molecular weight is 395 g/mol. The fourth-order valence-electron chi connectivity index (χ4n) is 3.22. The van der Waals surface area contributed by atoms with Crippen LogP contribution in [0.3, 0.4) is 0 Å². The summed E-state index contributed by atoms with van der Waals surface area (Å²) >= 11 is 1.69. The molecule has 0 spiro atoms. The Morgan fingerprint density at radius 3 is 2.71 bits per heavy atom. The second-order valence-electron chi connectivity index (χ2n) is 6.49. The topological polar surface area (TPSA) is 70.6 Å². The summed E-state index contributed by atoms with van der Waals surface area (Å²) in [6, 6.07) is 11.6. The van der Waals surface area contributed by atoms with E-state index in [-0.39, 0.29) is 12.5 Å². The van der Waals surface area contributed by atoms with Crippen LogP contribution in [0.5, 0.6) is 5.75 Å². The summed E-state index contributed by atoms with van der Waals surface area (Å²) in [6.07, 6.45) is 1.54. The summed E-state index contributed by atoms with van der Waals surface area (Å²) in [4.78, 5) is 26.6. The maximum Gasteiger partial charge on any atom is 0.246 e. The van der Waals surface area contributed by atoms with Crippen LogP contribution in [0.2, 0.25) is 0 Å². The van der Waals surface area contributed by atoms with E-state index in [1.807, 2.05) is 42.3 Å². The first-order chi connectivity index (χ1) is 13.7. The minimum Gasteiger partial charge on any atom is -0.497 e. The molecule has 2 aromatic heterocycles. The molecule has 1 aromatic carbocycles. The van der Waals surface area contributed by atoms with Gasteiger partial charge in [-0.3, -0.25) is 4.79 Å². The van der Waals surface area contributed by atoms with Crippen LogP contribution < -0.4 is 19.9 Å². The molecule has 144 valence electrons. The number of carbonyl (C=O) groups excluding carboxylic acids is 1. The number of nitrogens with zero attached hydrogens (tertiary/aromatic N) is 4. The molecule has 4 rings (SSSR count). The molecule has 28 heavy (non-hydrogen) atoms. The molecular weight excluding hydrogens is 374 g/mol. The number of hydrogen-bond donors (Lipinski definition) is 1. The largest absolute Gasteiger partial charge is 0.497 e. The molecule has 3 heterocycles. The van der Waals surface area contributed by atoms with E-state index in [1.54, 1.807) is 29.7 Å². The van der Waals surface area contributed by atoms with Crippen LogP contribution in [-0.4, -0.2) is 36.6 Å². The summed E-state index contributed by atoms with van der Waals surface area (Å²) in [5.41, 5.74) is 1.73. The minimum absolute atomic E-state index is 0.00914.